The van der Waals surface area contributed by atoms with Gasteiger partial charge in [0.25, 0.3) is 10.0 Å². The molecule has 0 radical (unpaired) electrons. The van der Waals surface area contributed by atoms with Crippen molar-refractivity contribution in [2.45, 2.75) is 23.3 Å². The van der Waals surface area contributed by atoms with Gasteiger partial charge in [0, 0.05) is 25.0 Å². The first-order chi connectivity index (χ1) is 17.0. The summed E-state index contributed by atoms with van der Waals surface area (Å²) in [5.74, 6) is 0. The maximum Gasteiger partial charge on any atom is 0.253 e. The number of anilines is 1. The first-order valence-corrected chi connectivity index (χ1v) is 13.4. The quantitative estimate of drug-likeness (QED) is 0.416. The fourth-order valence-corrected chi connectivity index (χ4v) is 6.92. The standard InChI is InChI=1S/C26H23N5O2S2/c27-14-21-9-11-25-22(13-21)16-31(35(32,33)26-7-4-12-34-26)24(10-8-20-5-2-1-3-6-20)18-30(25)17-23-15-28-19-29-23/h1-13,15,19,24H,16-18H2,(H,28,29). The Morgan fingerprint density at radius 2 is 2.03 bits per heavy atom. The molecule has 1 aliphatic rings. The van der Waals surface area contributed by atoms with Crippen molar-refractivity contribution in [1.29, 1.82) is 5.26 Å². The molecular weight excluding hydrogens is 478 g/mol. The molecule has 176 valence electrons. The van der Waals surface area contributed by atoms with E-state index in [1.54, 1.807) is 46.5 Å². The molecule has 1 atom stereocenters. The lowest BCUT2D eigenvalue weighted by Crippen LogP contribution is -2.43. The zero-order valence-electron chi connectivity index (χ0n) is 18.8. The first kappa shape index (κ1) is 23.1. The summed E-state index contributed by atoms with van der Waals surface area (Å²) in [5, 5.41) is 11.3. The number of nitrogens with zero attached hydrogens (tertiary/aromatic N) is 4. The Hall–Kier alpha value is -3.71. The summed E-state index contributed by atoms with van der Waals surface area (Å²) in [5.41, 5.74) is 4.10. The predicted octanol–water partition coefficient (Wildman–Crippen LogP) is 4.64. The fraction of sp³-hybridized carbons (Fsp3) is 0.154. The smallest absolute Gasteiger partial charge is 0.253 e. The number of sulfonamides is 1. The van der Waals surface area contributed by atoms with Crippen LogP contribution in [-0.2, 0) is 23.1 Å². The second kappa shape index (κ2) is 9.88. The molecule has 0 spiro atoms. The minimum absolute atomic E-state index is 0.161. The molecule has 1 aliphatic heterocycles. The third-order valence-electron chi connectivity index (χ3n) is 5.94. The number of nitriles is 1. The molecular formula is C26H23N5O2S2. The predicted molar refractivity (Wildman–Crippen MR) is 137 cm³/mol. The van der Waals surface area contributed by atoms with Crippen molar-refractivity contribution in [3.05, 3.63) is 107 Å². The van der Waals surface area contributed by atoms with Crippen LogP contribution in [0.15, 0.2) is 88.9 Å². The molecule has 0 saturated carbocycles. The van der Waals surface area contributed by atoms with Gasteiger partial charge in [-0.05, 0) is 40.8 Å². The number of fused-ring (bicyclic) bond motifs is 1. The molecule has 0 saturated heterocycles. The van der Waals surface area contributed by atoms with E-state index in [4.69, 9.17) is 0 Å². The molecule has 7 nitrogen and oxygen atoms in total. The molecule has 2 aromatic carbocycles. The van der Waals surface area contributed by atoms with Gasteiger partial charge >= 0.3 is 0 Å². The summed E-state index contributed by atoms with van der Waals surface area (Å²) in [7, 11) is -3.77. The van der Waals surface area contributed by atoms with Crippen LogP contribution in [0.1, 0.15) is 22.4 Å². The topological polar surface area (TPSA) is 93.1 Å². The summed E-state index contributed by atoms with van der Waals surface area (Å²) in [6.45, 7) is 1.13. The molecule has 3 heterocycles. The molecule has 2 aromatic heterocycles. The molecule has 1 unspecified atom stereocenters. The van der Waals surface area contributed by atoms with Gasteiger partial charge < -0.3 is 9.88 Å². The Balaban J connectivity index is 1.62. The molecule has 5 rings (SSSR count). The molecule has 4 aromatic rings. The van der Waals surface area contributed by atoms with Crippen LogP contribution >= 0.6 is 11.3 Å². The zero-order valence-corrected chi connectivity index (χ0v) is 20.4. The van der Waals surface area contributed by atoms with Gasteiger partial charge in [-0.1, -0.05) is 48.6 Å². The van der Waals surface area contributed by atoms with Gasteiger partial charge in [0.15, 0.2) is 0 Å². The minimum atomic E-state index is -3.77. The highest BCUT2D eigenvalue weighted by atomic mass is 32.2. The van der Waals surface area contributed by atoms with E-state index in [2.05, 4.69) is 20.9 Å². The first-order valence-electron chi connectivity index (χ1n) is 11.1. The summed E-state index contributed by atoms with van der Waals surface area (Å²) in [6.07, 6.45) is 7.32. The van der Waals surface area contributed by atoms with Gasteiger partial charge in [0.2, 0.25) is 0 Å². The van der Waals surface area contributed by atoms with Gasteiger partial charge in [-0.3, -0.25) is 0 Å². The van der Waals surface area contributed by atoms with Crippen LogP contribution in [0, 0.1) is 11.3 Å². The molecule has 1 N–H and O–H groups in total. The lowest BCUT2D eigenvalue weighted by molar-refractivity contribution is 0.365. The van der Waals surface area contributed by atoms with Gasteiger partial charge in [0.05, 0.1) is 36.2 Å². The van der Waals surface area contributed by atoms with Crippen molar-refractivity contribution in [3.63, 3.8) is 0 Å². The van der Waals surface area contributed by atoms with Crippen LogP contribution in [-0.4, -0.2) is 35.3 Å². The number of rotatable bonds is 6. The van der Waals surface area contributed by atoms with Crippen LogP contribution in [0.4, 0.5) is 5.69 Å². The van der Waals surface area contributed by atoms with Crippen LogP contribution in [0.5, 0.6) is 0 Å². The summed E-state index contributed by atoms with van der Waals surface area (Å²) < 4.78 is 29.5. The van der Waals surface area contributed by atoms with E-state index < -0.39 is 16.1 Å². The lowest BCUT2D eigenvalue weighted by atomic mass is 10.1. The number of imidazole rings is 1. The van der Waals surface area contributed by atoms with Crippen molar-refractivity contribution in [2.24, 2.45) is 0 Å². The van der Waals surface area contributed by atoms with Crippen molar-refractivity contribution in [1.82, 2.24) is 14.3 Å². The van der Waals surface area contributed by atoms with Gasteiger partial charge in [-0.15, -0.1) is 11.3 Å². The van der Waals surface area contributed by atoms with Crippen LogP contribution in [0.25, 0.3) is 6.08 Å². The number of nitrogens with one attached hydrogen (secondary N) is 1. The normalized spacial score (nSPS) is 16.7. The van der Waals surface area contributed by atoms with E-state index in [0.717, 1.165) is 22.5 Å². The molecule has 0 aliphatic carbocycles. The second-order valence-corrected chi connectivity index (χ2v) is 11.3. The van der Waals surface area contributed by atoms with Crippen molar-refractivity contribution in [2.75, 3.05) is 11.4 Å². The second-order valence-electron chi connectivity index (χ2n) is 8.23. The number of hydrogen-bond donors (Lipinski definition) is 1. The maximum absolute atomic E-state index is 13.8. The van der Waals surface area contributed by atoms with E-state index in [-0.39, 0.29) is 6.54 Å². The summed E-state index contributed by atoms with van der Waals surface area (Å²) in [4.78, 5) is 9.42. The van der Waals surface area contributed by atoms with Gasteiger partial charge in [-0.2, -0.15) is 9.57 Å². The zero-order chi connectivity index (χ0) is 24.3. The highest BCUT2D eigenvalue weighted by Crippen LogP contribution is 2.34. The minimum Gasteiger partial charge on any atom is -0.363 e. The largest absolute Gasteiger partial charge is 0.363 e. The number of thiophene rings is 1. The third kappa shape index (κ3) is 4.91. The monoisotopic (exact) mass is 501 g/mol. The average molecular weight is 502 g/mol. The number of H-pyrrole nitrogens is 1. The van der Waals surface area contributed by atoms with Crippen molar-refractivity contribution in [3.8, 4) is 6.07 Å². The number of benzene rings is 2. The van der Waals surface area contributed by atoms with Crippen molar-refractivity contribution >= 4 is 33.1 Å². The highest BCUT2D eigenvalue weighted by molar-refractivity contribution is 7.91. The number of hydrogen-bond acceptors (Lipinski definition) is 6. The maximum atomic E-state index is 13.8. The van der Waals surface area contributed by atoms with Crippen LogP contribution < -0.4 is 4.90 Å². The Kier molecular flexibility index (Phi) is 6.51. The SMILES string of the molecule is N#Cc1ccc2c(c1)CN(S(=O)(=O)c1cccs1)C(C=Cc1ccccc1)CN2Cc1cnc[nH]1. The van der Waals surface area contributed by atoms with E-state index in [1.807, 2.05) is 48.6 Å². The van der Waals surface area contributed by atoms with Gasteiger partial charge in [-0.25, -0.2) is 13.4 Å². The Labute approximate surface area is 208 Å². The van der Waals surface area contributed by atoms with E-state index in [0.29, 0.717) is 22.9 Å². The van der Waals surface area contributed by atoms with Crippen molar-refractivity contribution < 1.29 is 8.42 Å². The third-order valence-corrected chi connectivity index (χ3v) is 9.18. The Morgan fingerprint density at radius 3 is 2.74 bits per heavy atom. The molecule has 0 fully saturated rings. The highest BCUT2D eigenvalue weighted by Gasteiger charge is 2.36. The molecule has 0 bridgehead atoms. The molecule has 0 amide bonds. The van der Waals surface area contributed by atoms with E-state index in [9.17, 15) is 13.7 Å². The fourth-order valence-electron chi connectivity index (χ4n) is 4.25. The summed E-state index contributed by atoms with van der Waals surface area (Å²) >= 11 is 1.21. The Bertz CT molecular complexity index is 1460. The Morgan fingerprint density at radius 1 is 1.17 bits per heavy atom. The number of aromatic nitrogens is 2. The van der Waals surface area contributed by atoms with Crippen LogP contribution in [0.3, 0.4) is 0 Å². The summed E-state index contributed by atoms with van der Waals surface area (Å²) in [6, 6.07) is 20.4. The van der Waals surface area contributed by atoms with Gasteiger partial charge in [0.1, 0.15) is 4.21 Å². The van der Waals surface area contributed by atoms with E-state index in [1.165, 1.54) is 11.3 Å². The molecule has 35 heavy (non-hydrogen) atoms. The lowest BCUT2D eigenvalue weighted by Gasteiger charge is -2.29. The molecule has 9 heteroatoms. The average Bonchev–Trinajstić information content (AvgIpc) is 3.58. The van der Waals surface area contributed by atoms with E-state index >= 15 is 0 Å². The van der Waals surface area contributed by atoms with Crippen LogP contribution in [0.2, 0.25) is 0 Å². The number of aromatic amines is 1.